The van der Waals surface area contributed by atoms with Gasteiger partial charge in [0.05, 0.1) is 18.2 Å². The van der Waals surface area contributed by atoms with Crippen molar-refractivity contribution in [3.8, 4) is 0 Å². The first-order valence-corrected chi connectivity index (χ1v) is 8.27. The van der Waals surface area contributed by atoms with Crippen LogP contribution in [-0.2, 0) is 19.4 Å². The molecular weight excluding hydrogens is 282 g/mol. The van der Waals surface area contributed by atoms with Crippen LogP contribution >= 0.6 is 0 Å². The molecule has 3 N–H and O–H groups in total. The summed E-state index contributed by atoms with van der Waals surface area (Å²) in [7, 11) is 0. The van der Waals surface area contributed by atoms with Crippen LogP contribution in [0.5, 0.6) is 0 Å². The van der Waals surface area contributed by atoms with Crippen LogP contribution < -0.4 is 10.6 Å². The number of rotatable bonds is 4. The summed E-state index contributed by atoms with van der Waals surface area (Å²) in [5.41, 5.74) is -0.709. The molecule has 2 heterocycles. The molecule has 0 aromatic carbocycles. The van der Waals surface area contributed by atoms with Crippen LogP contribution in [0, 0.1) is 0 Å². The van der Waals surface area contributed by atoms with E-state index in [9.17, 15) is 9.90 Å². The highest BCUT2D eigenvalue weighted by Gasteiger charge is 2.31. The summed E-state index contributed by atoms with van der Waals surface area (Å²) >= 11 is 0. The average Bonchev–Trinajstić information content (AvgIpc) is 3.11. The monoisotopic (exact) mass is 307 g/mol. The lowest BCUT2D eigenvalue weighted by molar-refractivity contribution is 0.0499. The molecule has 1 aromatic rings. The van der Waals surface area contributed by atoms with E-state index in [1.165, 1.54) is 0 Å². The molecule has 1 fully saturated rings. The largest absolute Gasteiger partial charge is 0.388 e. The number of nitrogens with one attached hydrogen (secondary N) is 2. The van der Waals surface area contributed by atoms with Gasteiger partial charge in [0, 0.05) is 19.4 Å². The zero-order chi connectivity index (χ0) is 15.6. The van der Waals surface area contributed by atoms with Gasteiger partial charge < -0.3 is 15.7 Å². The Labute approximate surface area is 130 Å². The van der Waals surface area contributed by atoms with E-state index >= 15 is 0 Å². The van der Waals surface area contributed by atoms with Gasteiger partial charge in [-0.25, -0.2) is 14.5 Å². The fourth-order valence-corrected chi connectivity index (χ4v) is 3.32. The molecule has 0 spiro atoms. The second kappa shape index (κ2) is 6.24. The standard InChI is InChI=1S/C15H25N5O2/c1-2-12-18-13-6-5-11(9-20(13)19-12)17-14(21)16-10-15(22)7-3-4-8-15/h11,22H,2-10H2,1H3,(H2,16,17,21). The van der Waals surface area contributed by atoms with Gasteiger partial charge in [0.15, 0.2) is 5.82 Å². The van der Waals surface area contributed by atoms with Crippen molar-refractivity contribution in [2.24, 2.45) is 0 Å². The summed E-state index contributed by atoms with van der Waals surface area (Å²) in [5, 5.41) is 20.5. The lowest BCUT2D eigenvalue weighted by Gasteiger charge is -2.26. The van der Waals surface area contributed by atoms with Crippen molar-refractivity contribution in [1.82, 2.24) is 25.4 Å². The van der Waals surface area contributed by atoms with E-state index in [2.05, 4.69) is 20.7 Å². The molecule has 0 bridgehead atoms. The van der Waals surface area contributed by atoms with Crippen molar-refractivity contribution < 1.29 is 9.90 Å². The van der Waals surface area contributed by atoms with Crippen molar-refractivity contribution in [3.05, 3.63) is 11.6 Å². The van der Waals surface area contributed by atoms with Crippen molar-refractivity contribution in [2.45, 2.75) is 70.1 Å². The normalized spacial score (nSPS) is 23.1. The molecule has 1 atom stereocenters. The molecule has 1 aliphatic carbocycles. The molecule has 3 rings (SSSR count). The number of aromatic nitrogens is 3. The minimum Gasteiger partial charge on any atom is -0.388 e. The lowest BCUT2D eigenvalue weighted by Crippen LogP contribution is -2.49. The highest BCUT2D eigenvalue weighted by molar-refractivity contribution is 5.74. The summed E-state index contributed by atoms with van der Waals surface area (Å²) in [6.07, 6.45) is 6.17. The van der Waals surface area contributed by atoms with Crippen LogP contribution in [0.4, 0.5) is 4.79 Å². The van der Waals surface area contributed by atoms with Crippen LogP contribution in [0.15, 0.2) is 0 Å². The number of urea groups is 1. The summed E-state index contributed by atoms with van der Waals surface area (Å²) in [4.78, 5) is 16.5. The Morgan fingerprint density at radius 3 is 2.95 bits per heavy atom. The van der Waals surface area contributed by atoms with Crippen molar-refractivity contribution >= 4 is 6.03 Å². The molecule has 122 valence electrons. The van der Waals surface area contributed by atoms with Gasteiger partial charge in [-0.05, 0) is 19.3 Å². The third kappa shape index (κ3) is 3.40. The van der Waals surface area contributed by atoms with Crippen molar-refractivity contribution in [2.75, 3.05) is 6.54 Å². The third-order valence-electron chi connectivity index (χ3n) is 4.67. The predicted octanol–water partition coefficient (Wildman–Crippen LogP) is 0.760. The van der Waals surface area contributed by atoms with E-state index in [1.807, 2.05) is 11.6 Å². The van der Waals surface area contributed by atoms with Gasteiger partial charge in [-0.15, -0.1) is 0 Å². The molecule has 1 unspecified atom stereocenters. The zero-order valence-corrected chi connectivity index (χ0v) is 13.1. The number of nitrogens with zero attached hydrogens (tertiary/aromatic N) is 3. The number of aliphatic hydroxyl groups is 1. The third-order valence-corrected chi connectivity index (χ3v) is 4.67. The SMILES string of the molecule is CCc1nc2n(n1)CC(NC(=O)NCC1(O)CCCC1)CC2. The highest BCUT2D eigenvalue weighted by Crippen LogP contribution is 2.28. The first kappa shape index (κ1) is 15.3. The second-order valence-electron chi connectivity index (χ2n) is 6.47. The van der Waals surface area contributed by atoms with E-state index in [-0.39, 0.29) is 12.1 Å². The highest BCUT2D eigenvalue weighted by atomic mass is 16.3. The molecule has 22 heavy (non-hydrogen) atoms. The van der Waals surface area contributed by atoms with E-state index in [0.717, 1.165) is 56.6 Å². The molecule has 0 saturated heterocycles. The number of carbonyl (C=O) groups excluding carboxylic acids is 1. The first-order chi connectivity index (χ1) is 10.6. The second-order valence-corrected chi connectivity index (χ2v) is 6.47. The molecule has 2 amide bonds. The van der Waals surface area contributed by atoms with Crippen molar-refractivity contribution in [1.29, 1.82) is 0 Å². The van der Waals surface area contributed by atoms with Gasteiger partial charge in [0.25, 0.3) is 0 Å². The zero-order valence-electron chi connectivity index (χ0n) is 13.1. The average molecular weight is 307 g/mol. The summed E-state index contributed by atoms with van der Waals surface area (Å²) in [6, 6.07) is -0.137. The van der Waals surface area contributed by atoms with Gasteiger partial charge in [-0.3, -0.25) is 0 Å². The van der Waals surface area contributed by atoms with E-state index < -0.39 is 5.60 Å². The molecule has 7 heteroatoms. The number of fused-ring (bicyclic) bond motifs is 1. The lowest BCUT2D eigenvalue weighted by atomic mass is 10.0. The quantitative estimate of drug-likeness (QED) is 0.766. The Bertz CT molecular complexity index is 536. The molecule has 7 nitrogen and oxygen atoms in total. The summed E-state index contributed by atoms with van der Waals surface area (Å²) in [6.45, 7) is 3.04. The summed E-state index contributed by atoms with van der Waals surface area (Å²) in [5.74, 6) is 1.87. The Kier molecular flexibility index (Phi) is 4.33. The summed E-state index contributed by atoms with van der Waals surface area (Å²) < 4.78 is 1.90. The van der Waals surface area contributed by atoms with Crippen LogP contribution in [0.25, 0.3) is 0 Å². The van der Waals surface area contributed by atoms with Gasteiger partial charge in [0.1, 0.15) is 5.82 Å². The van der Waals surface area contributed by atoms with Gasteiger partial charge in [-0.1, -0.05) is 19.8 Å². The van der Waals surface area contributed by atoms with Gasteiger partial charge in [-0.2, -0.15) is 5.10 Å². The van der Waals surface area contributed by atoms with Crippen molar-refractivity contribution in [3.63, 3.8) is 0 Å². The number of hydrogen-bond acceptors (Lipinski definition) is 4. The fourth-order valence-electron chi connectivity index (χ4n) is 3.32. The molecule has 1 aliphatic heterocycles. The predicted molar refractivity (Wildman–Crippen MR) is 81.5 cm³/mol. The van der Waals surface area contributed by atoms with Crippen LogP contribution in [0.1, 0.15) is 50.7 Å². The number of aryl methyl sites for hydroxylation is 2. The number of carbonyl (C=O) groups is 1. The smallest absolute Gasteiger partial charge is 0.315 e. The van der Waals surface area contributed by atoms with Gasteiger partial charge in [0.2, 0.25) is 0 Å². The topological polar surface area (TPSA) is 92.1 Å². The minimum absolute atomic E-state index is 0.0668. The van der Waals surface area contributed by atoms with Crippen LogP contribution in [0.2, 0.25) is 0 Å². The van der Waals surface area contributed by atoms with E-state index in [1.54, 1.807) is 0 Å². The van der Waals surface area contributed by atoms with Gasteiger partial charge >= 0.3 is 6.03 Å². The molecule has 1 aromatic heterocycles. The van der Waals surface area contributed by atoms with E-state index in [0.29, 0.717) is 13.1 Å². The molecule has 1 saturated carbocycles. The molecular formula is C15H25N5O2. The maximum Gasteiger partial charge on any atom is 0.315 e. The number of hydrogen-bond donors (Lipinski definition) is 3. The Balaban J connectivity index is 1.48. The van der Waals surface area contributed by atoms with Crippen LogP contribution in [0.3, 0.4) is 0 Å². The fraction of sp³-hybridized carbons (Fsp3) is 0.800. The van der Waals surface area contributed by atoms with Crippen LogP contribution in [-0.4, -0.2) is 44.1 Å². The minimum atomic E-state index is -0.709. The molecule has 0 radical (unpaired) electrons. The maximum atomic E-state index is 12.0. The van der Waals surface area contributed by atoms with E-state index in [4.69, 9.17) is 0 Å². The first-order valence-electron chi connectivity index (χ1n) is 8.27. The Morgan fingerprint density at radius 2 is 2.23 bits per heavy atom. The Hall–Kier alpha value is -1.63. The number of amides is 2. The Morgan fingerprint density at radius 1 is 1.45 bits per heavy atom. The maximum absolute atomic E-state index is 12.0. The molecule has 2 aliphatic rings.